The Kier molecular flexibility index (Phi) is 3.43. The van der Waals surface area contributed by atoms with Crippen LogP contribution in [0.1, 0.15) is 44.2 Å². The number of nitrogens with one attached hydrogen (secondary N) is 1. The van der Waals surface area contributed by atoms with E-state index >= 15 is 0 Å². The van der Waals surface area contributed by atoms with E-state index in [1.807, 2.05) is 12.1 Å². The van der Waals surface area contributed by atoms with Crippen molar-refractivity contribution in [2.45, 2.75) is 45.1 Å². The SMILES string of the molecule is O=C(NCc1nccnc1-c1ccco1)C12CC3CC(CC(C3)C1)C2. The Bertz CT molecular complexity index is 749. The largest absolute Gasteiger partial charge is 0.463 e. The Balaban J connectivity index is 1.33. The van der Waals surface area contributed by atoms with Gasteiger partial charge in [-0.25, -0.2) is 4.98 Å². The molecule has 130 valence electrons. The minimum atomic E-state index is -0.123. The fourth-order valence-electron chi connectivity index (χ4n) is 5.86. The Hall–Kier alpha value is -2.17. The quantitative estimate of drug-likeness (QED) is 0.926. The zero-order valence-corrected chi connectivity index (χ0v) is 14.3. The number of carbonyl (C=O) groups excluding carboxylic acids is 1. The number of carbonyl (C=O) groups is 1. The second-order valence-corrected chi connectivity index (χ2v) is 8.21. The van der Waals surface area contributed by atoms with Gasteiger partial charge >= 0.3 is 0 Å². The van der Waals surface area contributed by atoms with Crippen LogP contribution in [-0.2, 0) is 11.3 Å². The van der Waals surface area contributed by atoms with Gasteiger partial charge in [0.1, 0.15) is 5.69 Å². The molecule has 0 aromatic carbocycles. The molecule has 0 unspecified atom stereocenters. The van der Waals surface area contributed by atoms with Crippen LogP contribution in [-0.4, -0.2) is 15.9 Å². The minimum Gasteiger partial charge on any atom is -0.463 e. The molecule has 2 heterocycles. The molecule has 4 saturated carbocycles. The molecule has 4 fully saturated rings. The maximum Gasteiger partial charge on any atom is 0.226 e. The Morgan fingerprint density at radius 1 is 1.12 bits per heavy atom. The second-order valence-electron chi connectivity index (χ2n) is 8.21. The smallest absolute Gasteiger partial charge is 0.226 e. The summed E-state index contributed by atoms with van der Waals surface area (Å²) < 4.78 is 5.45. The van der Waals surface area contributed by atoms with E-state index in [4.69, 9.17) is 4.42 Å². The van der Waals surface area contributed by atoms with E-state index in [9.17, 15) is 4.79 Å². The van der Waals surface area contributed by atoms with Crippen molar-refractivity contribution in [3.63, 3.8) is 0 Å². The minimum absolute atomic E-state index is 0.123. The fraction of sp³-hybridized carbons (Fsp3) is 0.550. The first-order valence-electron chi connectivity index (χ1n) is 9.34. The standard InChI is InChI=1S/C20H23N3O2/c24-19(20-9-13-6-14(10-20)8-15(7-13)11-20)23-12-16-18(22-4-3-21-16)17-2-1-5-25-17/h1-5,13-15H,6-12H2,(H,23,24). The van der Waals surface area contributed by atoms with E-state index in [1.54, 1.807) is 18.7 Å². The number of amides is 1. The monoisotopic (exact) mass is 337 g/mol. The van der Waals surface area contributed by atoms with Gasteiger partial charge in [-0.1, -0.05) is 0 Å². The number of aromatic nitrogens is 2. The van der Waals surface area contributed by atoms with Crippen molar-refractivity contribution in [1.82, 2.24) is 15.3 Å². The molecule has 5 nitrogen and oxygen atoms in total. The number of hydrogen-bond acceptors (Lipinski definition) is 4. The van der Waals surface area contributed by atoms with Gasteiger partial charge in [0.15, 0.2) is 5.76 Å². The summed E-state index contributed by atoms with van der Waals surface area (Å²) in [7, 11) is 0. The Morgan fingerprint density at radius 3 is 2.44 bits per heavy atom. The van der Waals surface area contributed by atoms with Crippen molar-refractivity contribution in [2.75, 3.05) is 0 Å². The molecule has 2 aromatic rings. The van der Waals surface area contributed by atoms with E-state index in [-0.39, 0.29) is 11.3 Å². The van der Waals surface area contributed by atoms with Crippen LogP contribution in [0.5, 0.6) is 0 Å². The van der Waals surface area contributed by atoms with Crippen LogP contribution < -0.4 is 5.32 Å². The van der Waals surface area contributed by atoms with E-state index in [2.05, 4.69) is 15.3 Å². The van der Waals surface area contributed by atoms with Gasteiger partial charge in [0.2, 0.25) is 5.91 Å². The number of furan rings is 1. The van der Waals surface area contributed by atoms with Crippen molar-refractivity contribution >= 4 is 5.91 Å². The number of nitrogens with zero attached hydrogens (tertiary/aromatic N) is 2. The van der Waals surface area contributed by atoms with Crippen molar-refractivity contribution in [1.29, 1.82) is 0 Å². The van der Waals surface area contributed by atoms with Crippen LogP contribution in [0.4, 0.5) is 0 Å². The molecule has 0 aliphatic heterocycles. The van der Waals surface area contributed by atoms with Crippen LogP contribution in [0.2, 0.25) is 0 Å². The molecule has 0 saturated heterocycles. The van der Waals surface area contributed by atoms with E-state index in [0.717, 1.165) is 42.7 Å². The summed E-state index contributed by atoms with van der Waals surface area (Å²) in [4.78, 5) is 21.9. The summed E-state index contributed by atoms with van der Waals surface area (Å²) in [5.41, 5.74) is 1.34. The highest BCUT2D eigenvalue weighted by molar-refractivity contribution is 5.83. The highest BCUT2D eigenvalue weighted by Gasteiger charge is 2.54. The molecular weight excluding hydrogens is 314 g/mol. The van der Waals surface area contributed by atoms with Crippen molar-refractivity contribution in [3.05, 3.63) is 36.5 Å². The van der Waals surface area contributed by atoms with Gasteiger partial charge in [0.25, 0.3) is 0 Å². The van der Waals surface area contributed by atoms with Crippen LogP contribution in [0.25, 0.3) is 11.5 Å². The van der Waals surface area contributed by atoms with Crippen LogP contribution in [0.3, 0.4) is 0 Å². The maximum atomic E-state index is 13.1. The summed E-state index contributed by atoms with van der Waals surface area (Å²) in [6.07, 6.45) is 12.2. The molecule has 2 aromatic heterocycles. The lowest BCUT2D eigenvalue weighted by molar-refractivity contribution is -0.146. The van der Waals surface area contributed by atoms with Crippen LogP contribution >= 0.6 is 0 Å². The second kappa shape index (κ2) is 5.68. The third kappa shape index (κ3) is 2.57. The molecule has 4 bridgehead atoms. The first-order chi connectivity index (χ1) is 12.2. The molecule has 0 spiro atoms. The molecular formula is C20H23N3O2. The molecule has 4 aliphatic carbocycles. The van der Waals surface area contributed by atoms with E-state index in [0.29, 0.717) is 18.0 Å². The normalized spacial score (nSPS) is 32.7. The van der Waals surface area contributed by atoms with Gasteiger partial charge in [-0.15, -0.1) is 0 Å². The van der Waals surface area contributed by atoms with Crippen LogP contribution in [0, 0.1) is 23.2 Å². The maximum absolute atomic E-state index is 13.1. The summed E-state index contributed by atoms with van der Waals surface area (Å²) in [5.74, 6) is 3.22. The number of hydrogen-bond donors (Lipinski definition) is 1. The van der Waals surface area contributed by atoms with Crippen LogP contribution in [0.15, 0.2) is 35.2 Å². The van der Waals surface area contributed by atoms with Crippen molar-refractivity contribution in [2.24, 2.45) is 23.2 Å². The van der Waals surface area contributed by atoms with Crippen molar-refractivity contribution < 1.29 is 9.21 Å². The first kappa shape index (κ1) is 15.1. The molecule has 0 radical (unpaired) electrons. The third-order valence-electron chi connectivity index (χ3n) is 6.46. The Morgan fingerprint density at radius 2 is 1.80 bits per heavy atom. The number of rotatable bonds is 4. The summed E-state index contributed by atoms with van der Waals surface area (Å²) in [6.45, 7) is 0.407. The van der Waals surface area contributed by atoms with Gasteiger partial charge in [-0.2, -0.15) is 0 Å². The van der Waals surface area contributed by atoms with Gasteiger partial charge in [-0.3, -0.25) is 9.78 Å². The molecule has 4 aliphatic rings. The fourth-order valence-corrected chi connectivity index (χ4v) is 5.86. The summed E-state index contributed by atoms with van der Waals surface area (Å²) in [5, 5.41) is 3.18. The lowest BCUT2D eigenvalue weighted by Crippen LogP contribution is -2.53. The molecule has 5 heteroatoms. The zero-order chi connectivity index (χ0) is 16.9. The lowest BCUT2D eigenvalue weighted by Gasteiger charge is -2.55. The predicted octanol–water partition coefficient (Wildman–Crippen LogP) is 3.57. The molecule has 1 amide bonds. The summed E-state index contributed by atoms with van der Waals surface area (Å²) >= 11 is 0. The Labute approximate surface area is 147 Å². The van der Waals surface area contributed by atoms with Gasteiger partial charge in [0, 0.05) is 17.8 Å². The average Bonchev–Trinajstić information content (AvgIpc) is 3.13. The molecule has 6 rings (SSSR count). The summed E-state index contributed by atoms with van der Waals surface area (Å²) in [6, 6.07) is 3.70. The lowest BCUT2D eigenvalue weighted by atomic mass is 9.49. The zero-order valence-electron chi connectivity index (χ0n) is 14.3. The first-order valence-corrected chi connectivity index (χ1v) is 9.34. The topological polar surface area (TPSA) is 68.0 Å². The van der Waals surface area contributed by atoms with Gasteiger partial charge in [-0.05, 0) is 68.4 Å². The highest BCUT2D eigenvalue weighted by atomic mass is 16.3. The van der Waals surface area contributed by atoms with E-state index in [1.165, 1.54) is 19.3 Å². The third-order valence-corrected chi connectivity index (χ3v) is 6.46. The van der Waals surface area contributed by atoms with Crippen molar-refractivity contribution in [3.8, 4) is 11.5 Å². The molecule has 1 N–H and O–H groups in total. The van der Waals surface area contributed by atoms with Gasteiger partial charge < -0.3 is 9.73 Å². The molecule has 25 heavy (non-hydrogen) atoms. The van der Waals surface area contributed by atoms with E-state index < -0.39 is 0 Å². The highest BCUT2D eigenvalue weighted by Crippen LogP contribution is 2.60. The molecule has 0 atom stereocenters. The average molecular weight is 337 g/mol. The van der Waals surface area contributed by atoms with Gasteiger partial charge in [0.05, 0.1) is 18.5 Å². The predicted molar refractivity (Wildman–Crippen MR) is 92.2 cm³/mol.